The number of rotatable bonds is 4. The molecule has 7 aromatic carbocycles. The Labute approximate surface area is 287 Å². The highest BCUT2D eigenvalue weighted by Crippen LogP contribution is 2.39. The van der Waals surface area contributed by atoms with Crippen LogP contribution in [0.3, 0.4) is 0 Å². The van der Waals surface area contributed by atoms with E-state index in [9.17, 15) is 15.8 Å². The van der Waals surface area contributed by atoms with Gasteiger partial charge >= 0.3 is 0 Å². The van der Waals surface area contributed by atoms with Gasteiger partial charge in [-0.1, -0.05) is 84.9 Å². The molecular formula is C45H25N5. The Balaban J connectivity index is 1.18. The number of hydrogen-bond acceptors (Lipinski definition) is 3. The van der Waals surface area contributed by atoms with Crippen molar-refractivity contribution in [1.29, 1.82) is 15.8 Å². The Hall–Kier alpha value is -7.39. The molecule has 0 saturated carbocycles. The minimum atomic E-state index is 0.530. The van der Waals surface area contributed by atoms with Crippen LogP contribution in [0.15, 0.2) is 152 Å². The van der Waals surface area contributed by atoms with E-state index >= 15 is 0 Å². The Bertz CT molecular complexity index is 2900. The van der Waals surface area contributed by atoms with Gasteiger partial charge in [0.25, 0.3) is 0 Å². The number of para-hydroxylation sites is 2. The Morgan fingerprint density at radius 3 is 1.66 bits per heavy atom. The molecule has 0 unspecified atom stereocenters. The van der Waals surface area contributed by atoms with Gasteiger partial charge in [0.15, 0.2) is 0 Å². The van der Waals surface area contributed by atoms with Crippen molar-refractivity contribution in [2.75, 3.05) is 0 Å². The standard InChI is InChI=1S/C45H25N5/c46-26-29-14-21-43-40(22-29)39-20-13-31(28-48)24-45(39)50(43)44-23-30(27-47)12-19-36(44)33-17-15-32(16-18-33)34-6-5-7-35(25-34)49-41-10-3-1-8-37(41)38-9-2-4-11-42(38)49/h1-25H. The zero-order valence-corrected chi connectivity index (χ0v) is 26.7. The number of fused-ring (bicyclic) bond motifs is 6. The largest absolute Gasteiger partial charge is 0.309 e. The topological polar surface area (TPSA) is 81.2 Å². The minimum Gasteiger partial charge on any atom is -0.309 e. The molecule has 0 atom stereocenters. The molecule has 230 valence electrons. The zero-order valence-electron chi connectivity index (χ0n) is 26.7. The lowest BCUT2D eigenvalue weighted by molar-refractivity contribution is 1.18. The highest BCUT2D eigenvalue weighted by molar-refractivity contribution is 6.11. The highest BCUT2D eigenvalue weighted by atomic mass is 15.0. The molecule has 50 heavy (non-hydrogen) atoms. The number of nitriles is 3. The van der Waals surface area contributed by atoms with Crippen LogP contribution in [0.5, 0.6) is 0 Å². The fourth-order valence-corrected chi connectivity index (χ4v) is 7.32. The fraction of sp³-hybridized carbons (Fsp3) is 0. The van der Waals surface area contributed by atoms with E-state index in [0.29, 0.717) is 16.7 Å². The molecule has 5 heteroatoms. The monoisotopic (exact) mass is 635 g/mol. The van der Waals surface area contributed by atoms with Gasteiger partial charge in [0.05, 0.1) is 62.7 Å². The second-order valence-electron chi connectivity index (χ2n) is 12.4. The summed E-state index contributed by atoms with van der Waals surface area (Å²) in [5.74, 6) is 0. The molecule has 0 N–H and O–H groups in total. The molecule has 0 saturated heterocycles. The molecule has 0 amide bonds. The first-order chi connectivity index (χ1) is 24.6. The van der Waals surface area contributed by atoms with E-state index in [1.807, 2.05) is 42.5 Å². The molecule has 0 aliphatic rings. The van der Waals surface area contributed by atoms with Gasteiger partial charge < -0.3 is 9.13 Å². The highest BCUT2D eigenvalue weighted by Gasteiger charge is 2.18. The van der Waals surface area contributed by atoms with E-state index in [0.717, 1.165) is 55.4 Å². The van der Waals surface area contributed by atoms with Gasteiger partial charge in [-0.15, -0.1) is 0 Å². The fourth-order valence-electron chi connectivity index (χ4n) is 7.32. The molecular weight excluding hydrogens is 611 g/mol. The number of benzene rings is 7. The van der Waals surface area contributed by atoms with E-state index in [2.05, 4.69) is 124 Å². The number of nitrogens with zero attached hydrogens (tertiary/aromatic N) is 5. The van der Waals surface area contributed by atoms with Crippen LogP contribution < -0.4 is 0 Å². The summed E-state index contributed by atoms with van der Waals surface area (Å²) >= 11 is 0. The number of aromatic nitrogens is 2. The van der Waals surface area contributed by atoms with Crippen LogP contribution in [0.25, 0.3) is 77.2 Å². The quantitative estimate of drug-likeness (QED) is 0.193. The normalized spacial score (nSPS) is 11.1. The van der Waals surface area contributed by atoms with Crippen LogP contribution in [-0.2, 0) is 0 Å². The summed E-state index contributed by atoms with van der Waals surface area (Å²) in [5.41, 5.74) is 11.8. The van der Waals surface area contributed by atoms with Crippen LogP contribution in [-0.4, -0.2) is 9.13 Å². The summed E-state index contributed by atoms with van der Waals surface area (Å²) in [6.07, 6.45) is 0. The smallest absolute Gasteiger partial charge is 0.0992 e. The summed E-state index contributed by atoms with van der Waals surface area (Å²) in [5, 5.41) is 33.7. The average Bonchev–Trinajstić information content (AvgIpc) is 3.69. The van der Waals surface area contributed by atoms with E-state index in [4.69, 9.17) is 0 Å². The first-order valence-electron chi connectivity index (χ1n) is 16.3. The molecule has 2 heterocycles. The van der Waals surface area contributed by atoms with Crippen molar-refractivity contribution in [2.24, 2.45) is 0 Å². The SMILES string of the molecule is N#Cc1ccc(-c2ccc(-c3cccc(-n4c5ccccc5c5ccccc54)c3)cc2)c(-n2c3ccc(C#N)cc3c3ccc(C#N)cc32)c1. The predicted molar refractivity (Wildman–Crippen MR) is 200 cm³/mol. The lowest BCUT2D eigenvalue weighted by Gasteiger charge is -2.15. The van der Waals surface area contributed by atoms with Gasteiger partial charge in [-0.3, -0.25) is 0 Å². The van der Waals surface area contributed by atoms with E-state index in [-0.39, 0.29) is 0 Å². The van der Waals surface area contributed by atoms with Crippen LogP contribution >= 0.6 is 0 Å². The molecule has 0 radical (unpaired) electrons. The Kier molecular flexibility index (Phi) is 6.56. The molecule has 0 aliphatic heterocycles. The van der Waals surface area contributed by atoms with E-state index < -0.39 is 0 Å². The van der Waals surface area contributed by atoms with Crippen molar-refractivity contribution in [3.63, 3.8) is 0 Å². The van der Waals surface area contributed by atoms with Crippen molar-refractivity contribution in [3.05, 3.63) is 168 Å². The summed E-state index contributed by atoms with van der Waals surface area (Å²) in [4.78, 5) is 0. The molecule has 5 nitrogen and oxygen atoms in total. The van der Waals surface area contributed by atoms with Gasteiger partial charge in [0, 0.05) is 32.8 Å². The zero-order chi connectivity index (χ0) is 33.8. The maximum Gasteiger partial charge on any atom is 0.0992 e. The molecule has 0 bridgehead atoms. The van der Waals surface area contributed by atoms with Gasteiger partial charge in [-0.2, -0.15) is 15.8 Å². The molecule has 0 aliphatic carbocycles. The number of hydrogen-bond donors (Lipinski definition) is 0. The minimum absolute atomic E-state index is 0.530. The van der Waals surface area contributed by atoms with Crippen molar-refractivity contribution in [1.82, 2.24) is 9.13 Å². The van der Waals surface area contributed by atoms with Crippen LogP contribution in [0.2, 0.25) is 0 Å². The first kappa shape index (κ1) is 28.8. The van der Waals surface area contributed by atoms with E-state index in [1.54, 1.807) is 12.1 Å². The van der Waals surface area contributed by atoms with Crippen molar-refractivity contribution < 1.29 is 0 Å². The van der Waals surface area contributed by atoms with Crippen molar-refractivity contribution >= 4 is 43.6 Å². The van der Waals surface area contributed by atoms with Crippen molar-refractivity contribution in [2.45, 2.75) is 0 Å². The van der Waals surface area contributed by atoms with Crippen LogP contribution in [0.4, 0.5) is 0 Å². The predicted octanol–water partition coefficient (Wildman–Crippen LogP) is 10.8. The van der Waals surface area contributed by atoms with Crippen LogP contribution in [0, 0.1) is 34.0 Å². The van der Waals surface area contributed by atoms with Crippen LogP contribution in [0.1, 0.15) is 16.7 Å². The third kappa shape index (κ3) is 4.45. The van der Waals surface area contributed by atoms with Gasteiger partial charge in [-0.05, 0) is 83.4 Å². The summed E-state index contributed by atoms with van der Waals surface area (Å²) in [6.45, 7) is 0. The third-order valence-electron chi connectivity index (χ3n) is 9.61. The molecule has 0 fully saturated rings. The summed E-state index contributed by atoms with van der Waals surface area (Å²) < 4.78 is 4.43. The second kappa shape index (κ2) is 11.4. The van der Waals surface area contributed by atoms with Gasteiger partial charge in [0.1, 0.15) is 0 Å². The lowest BCUT2D eigenvalue weighted by atomic mass is 9.97. The summed E-state index contributed by atoms with van der Waals surface area (Å²) in [7, 11) is 0. The second-order valence-corrected chi connectivity index (χ2v) is 12.4. The maximum absolute atomic E-state index is 9.93. The van der Waals surface area contributed by atoms with Crippen molar-refractivity contribution in [3.8, 4) is 51.8 Å². The molecule has 0 spiro atoms. The van der Waals surface area contributed by atoms with Gasteiger partial charge in [0.2, 0.25) is 0 Å². The first-order valence-corrected chi connectivity index (χ1v) is 16.3. The molecule has 2 aromatic heterocycles. The third-order valence-corrected chi connectivity index (χ3v) is 9.61. The molecule has 9 aromatic rings. The lowest BCUT2D eigenvalue weighted by Crippen LogP contribution is -1.99. The molecule has 9 rings (SSSR count). The van der Waals surface area contributed by atoms with Gasteiger partial charge in [-0.25, -0.2) is 0 Å². The Morgan fingerprint density at radius 2 is 0.940 bits per heavy atom. The summed E-state index contributed by atoms with van der Waals surface area (Å²) in [6, 6.07) is 58.0. The van der Waals surface area contributed by atoms with E-state index in [1.165, 1.54) is 21.8 Å². The maximum atomic E-state index is 9.93. The average molecular weight is 636 g/mol. The Morgan fingerprint density at radius 1 is 0.360 bits per heavy atom.